The summed E-state index contributed by atoms with van der Waals surface area (Å²) in [6.45, 7) is 6.26. The molecule has 37 heavy (non-hydrogen) atoms. The van der Waals surface area contributed by atoms with Crippen LogP contribution in [0.1, 0.15) is 50.5 Å². The van der Waals surface area contributed by atoms with Crippen LogP contribution < -0.4 is 4.74 Å². The van der Waals surface area contributed by atoms with Crippen molar-refractivity contribution >= 4 is 41.3 Å². The average Bonchev–Trinajstić information content (AvgIpc) is 2.83. The monoisotopic (exact) mass is 550 g/mol. The van der Waals surface area contributed by atoms with Crippen LogP contribution in [0.15, 0.2) is 42.5 Å². The van der Waals surface area contributed by atoms with Gasteiger partial charge in [0.15, 0.2) is 18.3 Å². The highest BCUT2D eigenvalue weighted by atomic mass is 35.5. The number of halogens is 1. The molecule has 1 heterocycles. The molecule has 0 spiro atoms. The van der Waals surface area contributed by atoms with Gasteiger partial charge in [-0.2, -0.15) is 0 Å². The molecule has 2 aromatic rings. The molecular weight excluding hydrogens is 520 g/mol. The fraction of sp³-hybridized carbons (Fsp3) is 0.444. The first-order valence-corrected chi connectivity index (χ1v) is 13.5. The van der Waals surface area contributed by atoms with Gasteiger partial charge in [-0.05, 0) is 54.5 Å². The molecule has 5 atom stereocenters. The Kier molecular flexibility index (Phi) is 10.3. The minimum Gasteiger partial charge on any atom is -0.494 e. The lowest BCUT2D eigenvalue weighted by Gasteiger charge is -2.44. The number of benzene rings is 2. The fourth-order valence-electron chi connectivity index (χ4n) is 4.23. The number of rotatable bonds is 9. The molecular formula is C27H31ClO8S. The van der Waals surface area contributed by atoms with Gasteiger partial charge in [0.2, 0.25) is 0 Å². The minimum atomic E-state index is -1.08. The van der Waals surface area contributed by atoms with E-state index in [-0.39, 0.29) is 0 Å². The number of esters is 3. The summed E-state index contributed by atoms with van der Waals surface area (Å²) in [7, 11) is 0. The maximum atomic E-state index is 12.1. The van der Waals surface area contributed by atoms with Crippen molar-refractivity contribution in [2.75, 3.05) is 12.9 Å². The van der Waals surface area contributed by atoms with Crippen LogP contribution in [0.4, 0.5) is 0 Å². The number of thioether (sulfide) groups is 1. The number of hydrogen-bond acceptors (Lipinski definition) is 9. The van der Waals surface area contributed by atoms with Gasteiger partial charge in [-0.15, -0.1) is 11.8 Å². The summed E-state index contributed by atoms with van der Waals surface area (Å²) in [5, 5.41) is 0.563. The highest BCUT2D eigenvalue weighted by molar-refractivity contribution is 7.99. The minimum absolute atomic E-state index is 0.541. The van der Waals surface area contributed by atoms with Crippen LogP contribution in [0.5, 0.6) is 5.75 Å². The molecule has 1 fully saturated rings. The quantitative estimate of drug-likeness (QED) is 0.319. The summed E-state index contributed by atoms with van der Waals surface area (Å²) in [5.41, 5.74) is 1.85. The topological polar surface area (TPSA) is 97.4 Å². The Morgan fingerprint density at radius 2 is 1.49 bits per heavy atom. The second kappa shape index (κ2) is 13.2. The fourth-order valence-corrected chi connectivity index (χ4v) is 5.12. The van der Waals surface area contributed by atoms with E-state index < -0.39 is 47.8 Å². The van der Waals surface area contributed by atoms with Crippen molar-refractivity contribution in [3.63, 3.8) is 0 Å². The zero-order valence-electron chi connectivity index (χ0n) is 21.4. The largest absolute Gasteiger partial charge is 0.494 e. The Labute approximate surface area is 225 Å². The molecule has 200 valence electrons. The van der Waals surface area contributed by atoms with Crippen LogP contribution in [0, 0.1) is 0 Å². The Balaban J connectivity index is 1.99. The molecule has 0 bridgehead atoms. The third-order valence-electron chi connectivity index (χ3n) is 5.66. The van der Waals surface area contributed by atoms with Crippen molar-refractivity contribution in [1.82, 2.24) is 0 Å². The van der Waals surface area contributed by atoms with Gasteiger partial charge in [0.05, 0.1) is 6.61 Å². The maximum absolute atomic E-state index is 12.1. The molecule has 0 saturated carbocycles. The number of hydrogen-bond donors (Lipinski definition) is 0. The van der Waals surface area contributed by atoms with Gasteiger partial charge in [-0.1, -0.05) is 35.9 Å². The van der Waals surface area contributed by atoms with Crippen LogP contribution >= 0.6 is 23.4 Å². The van der Waals surface area contributed by atoms with Crippen LogP contribution in [-0.2, 0) is 39.8 Å². The third kappa shape index (κ3) is 7.63. The second-order valence-electron chi connectivity index (χ2n) is 8.49. The summed E-state index contributed by atoms with van der Waals surface area (Å²) in [4.78, 5) is 35.9. The molecule has 0 aromatic heterocycles. The number of ether oxygens (including phenoxy) is 5. The van der Waals surface area contributed by atoms with Crippen LogP contribution in [0.3, 0.4) is 0 Å². The highest BCUT2D eigenvalue weighted by Crippen LogP contribution is 2.41. The number of carbonyl (C=O) groups excluding carboxylic acids is 3. The van der Waals surface area contributed by atoms with Gasteiger partial charge in [-0.25, -0.2) is 0 Å². The van der Waals surface area contributed by atoms with Crippen molar-refractivity contribution in [1.29, 1.82) is 0 Å². The van der Waals surface area contributed by atoms with Crippen LogP contribution in [0.2, 0.25) is 5.02 Å². The molecule has 0 amide bonds. The van der Waals surface area contributed by atoms with E-state index in [4.69, 9.17) is 35.3 Å². The van der Waals surface area contributed by atoms with Crippen LogP contribution in [-0.4, -0.2) is 54.5 Å². The summed E-state index contributed by atoms with van der Waals surface area (Å²) in [6, 6.07) is 13.2. The molecule has 3 rings (SSSR count). The second-order valence-corrected chi connectivity index (χ2v) is 9.83. The third-order valence-corrected chi connectivity index (χ3v) is 6.87. The number of carbonyl (C=O) groups is 3. The van der Waals surface area contributed by atoms with Gasteiger partial charge in [0, 0.05) is 25.8 Å². The van der Waals surface area contributed by atoms with E-state index in [1.165, 1.54) is 32.5 Å². The van der Waals surface area contributed by atoms with Crippen molar-refractivity contribution in [2.45, 2.75) is 64.0 Å². The van der Waals surface area contributed by atoms with Gasteiger partial charge < -0.3 is 23.7 Å². The van der Waals surface area contributed by atoms with E-state index in [2.05, 4.69) is 0 Å². The lowest BCUT2D eigenvalue weighted by Crippen LogP contribution is -2.57. The van der Waals surface area contributed by atoms with Crippen molar-refractivity contribution in [2.24, 2.45) is 0 Å². The summed E-state index contributed by atoms with van der Waals surface area (Å²) in [6.07, 6.45) is -1.60. The lowest BCUT2D eigenvalue weighted by molar-refractivity contribution is -0.233. The molecule has 3 unspecified atom stereocenters. The van der Waals surface area contributed by atoms with Gasteiger partial charge in [-0.3, -0.25) is 14.4 Å². The maximum Gasteiger partial charge on any atom is 0.303 e. The Morgan fingerprint density at radius 1 is 0.892 bits per heavy atom. The van der Waals surface area contributed by atoms with Crippen molar-refractivity contribution in [3.05, 3.63) is 64.2 Å². The first kappa shape index (κ1) is 28.8. The zero-order chi connectivity index (χ0) is 27.1. The van der Waals surface area contributed by atoms with E-state index in [1.54, 1.807) is 18.4 Å². The molecule has 0 aliphatic carbocycles. The van der Waals surface area contributed by atoms with Gasteiger partial charge in [0.25, 0.3) is 0 Å². The average molecular weight is 551 g/mol. The van der Waals surface area contributed by atoms with Gasteiger partial charge >= 0.3 is 17.9 Å². The first-order valence-electron chi connectivity index (χ1n) is 11.8. The molecule has 10 heteroatoms. The Bertz CT molecular complexity index is 1110. The molecule has 1 saturated heterocycles. The normalized spacial score (nSPS) is 23.1. The first-order chi connectivity index (χ1) is 17.6. The predicted molar refractivity (Wildman–Crippen MR) is 140 cm³/mol. The zero-order valence-corrected chi connectivity index (χ0v) is 23.0. The van der Waals surface area contributed by atoms with E-state index in [9.17, 15) is 14.4 Å². The Hall–Kier alpha value is -2.75. The molecule has 0 N–H and O–H groups in total. The van der Waals surface area contributed by atoms with E-state index in [0.717, 1.165) is 16.9 Å². The molecule has 1 aliphatic heterocycles. The SMILES string of the molecule is CCOc1ccc(Cc2cc(C3O[C@H](SC)C(OC(C)=O)[C@H](OC(C)=O)C3OC(C)=O)ccc2Cl)cc1. The Morgan fingerprint density at radius 3 is 2.05 bits per heavy atom. The summed E-state index contributed by atoms with van der Waals surface area (Å²) < 4.78 is 28.5. The van der Waals surface area contributed by atoms with Crippen molar-refractivity contribution in [3.8, 4) is 5.75 Å². The van der Waals surface area contributed by atoms with E-state index >= 15 is 0 Å². The van der Waals surface area contributed by atoms with E-state index in [1.807, 2.05) is 37.3 Å². The van der Waals surface area contributed by atoms with Gasteiger partial charge in [0.1, 0.15) is 17.3 Å². The summed E-state index contributed by atoms with van der Waals surface area (Å²) >= 11 is 7.83. The standard InChI is InChI=1S/C27H31ClO8S/c1-6-32-21-10-7-18(8-11-21)13-20-14-19(9-12-22(20)28)23-24(33-15(2)29)25(34-16(3)30)26(35-17(4)31)27(36-23)37-5/h7-12,14,23-27H,6,13H2,1-5H3/t23?,24?,25-,26?,27-/m1/s1. The molecule has 0 radical (unpaired) electrons. The molecule has 1 aliphatic rings. The van der Waals surface area contributed by atoms with Crippen molar-refractivity contribution < 1.29 is 38.1 Å². The predicted octanol–water partition coefficient (Wildman–Crippen LogP) is 4.89. The highest BCUT2D eigenvalue weighted by Gasteiger charge is 2.52. The smallest absolute Gasteiger partial charge is 0.303 e. The van der Waals surface area contributed by atoms with E-state index in [0.29, 0.717) is 23.6 Å². The van der Waals surface area contributed by atoms with Crippen LogP contribution in [0.25, 0.3) is 0 Å². The molecule has 8 nitrogen and oxygen atoms in total. The summed E-state index contributed by atoms with van der Waals surface area (Å²) in [5.74, 6) is -0.988. The molecule has 2 aromatic carbocycles. The lowest BCUT2D eigenvalue weighted by atomic mass is 9.92.